The van der Waals surface area contributed by atoms with Gasteiger partial charge in [0.2, 0.25) is 0 Å². The van der Waals surface area contributed by atoms with Crippen LogP contribution in [-0.2, 0) is 9.53 Å². The van der Waals surface area contributed by atoms with Gasteiger partial charge in [0.1, 0.15) is 5.75 Å². The van der Waals surface area contributed by atoms with Gasteiger partial charge in [-0.05, 0) is 43.3 Å². The number of ether oxygens (including phenoxy) is 2. The summed E-state index contributed by atoms with van der Waals surface area (Å²) in [4.78, 5) is 27.8. The van der Waals surface area contributed by atoms with E-state index in [0.29, 0.717) is 0 Å². The van der Waals surface area contributed by atoms with Gasteiger partial charge >= 0.3 is 12.6 Å². The second kappa shape index (κ2) is 8.39. The summed E-state index contributed by atoms with van der Waals surface area (Å²) in [6.45, 7) is -1.58. The van der Waals surface area contributed by atoms with Gasteiger partial charge in [-0.2, -0.15) is 8.78 Å². The van der Waals surface area contributed by atoms with Crippen LogP contribution < -0.4 is 10.1 Å². The van der Waals surface area contributed by atoms with E-state index in [0.717, 1.165) is 0 Å². The lowest BCUT2D eigenvalue weighted by molar-refractivity contribution is -0.123. The fourth-order valence-electron chi connectivity index (χ4n) is 1.77. The van der Waals surface area contributed by atoms with E-state index in [1.54, 1.807) is 12.1 Å². The molecule has 1 heterocycles. The van der Waals surface area contributed by atoms with Crippen molar-refractivity contribution >= 4 is 29.2 Å². The third-order valence-electron chi connectivity index (χ3n) is 2.99. The largest absolute Gasteiger partial charge is 0.449 e. The van der Waals surface area contributed by atoms with Crippen LogP contribution in [0.25, 0.3) is 0 Å². The number of alkyl halides is 2. The monoisotopic (exact) mass is 370 g/mol. The van der Waals surface area contributed by atoms with Gasteiger partial charge in [-0.1, -0.05) is 11.6 Å². The lowest BCUT2D eigenvalue weighted by Gasteiger charge is -2.14. The maximum absolute atomic E-state index is 12.1. The Morgan fingerprint density at radius 1 is 1.20 bits per heavy atom. The number of esters is 1. The van der Waals surface area contributed by atoms with Gasteiger partial charge in [0.15, 0.2) is 11.3 Å². The third kappa shape index (κ3) is 5.39. The molecule has 0 unspecified atom stereocenters. The number of nitrogens with zero attached hydrogens (tertiary/aromatic N) is 1. The van der Waals surface area contributed by atoms with Crippen LogP contribution in [0, 0.1) is 0 Å². The number of carbonyl (C=O) groups is 2. The van der Waals surface area contributed by atoms with Crippen molar-refractivity contribution in [3.63, 3.8) is 0 Å². The Kier molecular flexibility index (Phi) is 6.24. The second-order valence-electron chi connectivity index (χ2n) is 4.78. The molecule has 0 saturated carbocycles. The molecule has 0 radical (unpaired) electrons. The van der Waals surface area contributed by atoms with Crippen LogP contribution in [-0.4, -0.2) is 29.6 Å². The summed E-state index contributed by atoms with van der Waals surface area (Å²) in [6.07, 6.45) is 0.351. The maximum atomic E-state index is 12.1. The zero-order chi connectivity index (χ0) is 18.4. The number of nitrogens with one attached hydrogen (secondary N) is 1. The van der Waals surface area contributed by atoms with E-state index >= 15 is 0 Å². The predicted molar refractivity (Wildman–Crippen MR) is 85.8 cm³/mol. The average Bonchev–Trinajstić information content (AvgIpc) is 2.56. The number of rotatable bonds is 6. The van der Waals surface area contributed by atoms with Gasteiger partial charge in [-0.15, -0.1) is 0 Å². The number of halogens is 3. The second-order valence-corrected chi connectivity index (χ2v) is 5.14. The minimum atomic E-state index is -2.96. The number of benzene rings is 1. The number of hydrogen-bond donors (Lipinski definition) is 1. The van der Waals surface area contributed by atoms with Gasteiger partial charge in [0.25, 0.3) is 5.91 Å². The fourth-order valence-corrected chi connectivity index (χ4v) is 1.93. The molecule has 0 aliphatic rings. The van der Waals surface area contributed by atoms with Gasteiger partial charge in [-0.3, -0.25) is 4.79 Å². The van der Waals surface area contributed by atoms with Gasteiger partial charge in [-0.25, -0.2) is 9.78 Å². The van der Waals surface area contributed by atoms with Crippen LogP contribution in [0.5, 0.6) is 5.75 Å². The summed E-state index contributed by atoms with van der Waals surface area (Å²) >= 11 is 5.83. The molecule has 25 heavy (non-hydrogen) atoms. The van der Waals surface area contributed by atoms with Crippen molar-refractivity contribution in [2.45, 2.75) is 19.6 Å². The van der Waals surface area contributed by atoms with Crippen LogP contribution in [0.4, 0.5) is 14.5 Å². The molecule has 1 amide bonds. The first-order chi connectivity index (χ1) is 11.9. The van der Waals surface area contributed by atoms with E-state index in [1.165, 1.54) is 37.4 Å². The first-order valence-electron chi connectivity index (χ1n) is 7.04. The van der Waals surface area contributed by atoms with Crippen LogP contribution in [0.3, 0.4) is 0 Å². The molecular formula is C16H13ClF2N2O4. The quantitative estimate of drug-likeness (QED) is 0.622. The number of amides is 1. The zero-order valence-corrected chi connectivity index (χ0v) is 13.7. The number of carbonyl (C=O) groups excluding carboxylic acids is 2. The van der Waals surface area contributed by atoms with Crippen molar-refractivity contribution in [2.75, 3.05) is 5.32 Å². The summed E-state index contributed by atoms with van der Waals surface area (Å²) in [7, 11) is 0. The van der Waals surface area contributed by atoms with E-state index in [1.807, 2.05) is 0 Å². The number of anilines is 1. The molecule has 0 aliphatic heterocycles. The molecule has 0 bridgehead atoms. The van der Waals surface area contributed by atoms with Crippen molar-refractivity contribution in [1.82, 2.24) is 4.98 Å². The van der Waals surface area contributed by atoms with Crippen molar-refractivity contribution in [3.8, 4) is 5.75 Å². The predicted octanol–water partition coefficient (Wildman–Crippen LogP) is 3.52. The molecule has 0 saturated heterocycles. The SMILES string of the molecule is C[C@@H](OC(=O)c1ccc(OC(F)F)cc1)C(=O)Nc1cccnc1Cl. The van der Waals surface area contributed by atoms with Crippen molar-refractivity contribution in [3.05, 3.63) is 53.3 Å². The molecule has 1 aromatic heterocycles. The van der Waals surface area contributed by atoms with E-state index < -0.39 is 24.6 Å². The summed E-state index contributed by atoms with van der Waals surface area (Å²) < 4.78 is 33.4. The number of hydrogen-bond acceptors (Lipinski definition) is 5. The molecule has 1 atom stereocenters. The highest BCUT2D eigenvalue weighted by Gasteiger charge is 2.20. The van der Waals surface area contributed by atoms with Gasteiger partial charge < -0.3 is 14.8 Å². The topological polar surface area (TPSA) is 77.5 Å². The lowest BCUT2D eigenvalue weighted by atomic mass is 10.2. The van der Waals surface area contributed by atoms with E-state index in [-0.39, 0.29) is 22.2 Å². The normalized spacial score (nSPS) is 11.7. The lowest BCUT2D eigenvalue weighted by Crippen LogP contribution is -2.30. The molecule has 6 nitrogen and oxygen atoms in total. The van der Waals surface area contributed by atoms with Gasteiger partial charge in [0, 0.05) is 6.20 Å². The van der Waals surface area contributed by atoms with Gasteiger partial charge in [0.05, 0.1) is 11.3 Å². The molecule has 2 aromatic rings. The van der Waals surface area contributed by atoms with Crippen LogP contribution in [0.15, 0.2) is 42.6 Å². The molecule has 132 valence electrons. The number of pyridine rings is 1. The molecule has 2 rings (SSSR count). The molecule has 0 aliphatic carbocycles. The van der Waals surface area contributed by atoms with Crippen molar-refractivity contribution in [1.29, 1.82) is 0 Å². The highest BCUT2D eigenvalue weighted by atomic mass is 35.5. The summed E-state index contributed by atoms with van der Waals surface area (Å²) in [5, 5.41) is 2.58. The maximum Gasteiger partial charge on any atom is 0.387 e. The smallest absolute Gasteiger partial charge is 0.387 e. The Bertz CT molecular complexity index is 756. The van der Waals surface area contributed by atoms with Crippen LogP contribution in [0.2, 0.25) is 5.15 Å². The zero-order valence-electron chi connectivity index (χ0n) is 12.9. The van der Waals surface area contributed by atoms with E-state index in [4.69, 9.17) is 16.3 Å². The van der Waals surface area contributed by atoms with E-state index in [9.17, 15) is 18.4 Å². The Morgan fingerprint density at radius 3 is 2.48 bits per heavy atom. The molecule has 0 fully saturated rings. The first kappa shape index (κ1) is 18.6. The minimum absolute atomic E-state index is 0.0840. The highest BCUT2D eigenvalue weighted by Crippen LogP contribution is 2.19. The third-order valence-corrected chi connectivity index (χ3v) is 3.29. The summed E-state index contributed by atoms with van der Waals surface area (Å²) in [5.41, 5.74) is 0.367. The Morgan fingerprint density at radius 2 is 1.88 bits per heavy atom. The molecule has 9 heteroatoms. The molecule has 0 spiro atoms. The standard InChI is InChI=1S/C16H13ClF2N2O4/c1-9(14(22)21-12-3-2-8-20-13(12)17)24-15(23)10-4-6-11(7-5-10)25-16(18)19/h2-9,16H,1H3,(H,21,22)/t9-/m1/s1. The molecule has 1 N–H and O–H groups in total. The fraction of sp³-hybridized carbons (Fsp3) is 0.188. The summed E-state index contributed by atoms with van der Waals surface area (Å²) in [5.74, 6) is -1.48. The number of aromatic nitrogens is 1. The Labute approximate surface area is 146 Å². The average molecular weight is 371 g/mol. The Hall–Kier alpha value is -2.74. The molecule has 1 aromatic carbocycles. The Balaban J connectivity index is 1.95. The van der Waals surface area contributed by atoms with Crippen molar-refractivity contribution < 1.29 is 27.8 Å². The van der Waals surface area contributed by atoms with Crippen LogP contribution in [0.1, 0.15) is 17.3 Å². The van der Waals surface area contributed by atoms with Crippen molar-refractivity contribution in [2.24, 2.45) is 0 Å². The van der Waals surface area contributed by atoms with E-state index in [2.05, 4.69) is 15.0 Å². The van der Waals surface area contributed by atoms with Crippen LogP contribution >= 0.6 is 11.6 Å². The highest BCUT2D eigenvalue weighted by molar-refractivity contribution is 6.32. The summed E-state index contributed by atoms with van der Waals surface area (Å²) in [6, 6.07) is 8.03. The minimum Gasteiger partial charge on any atom is -0.449 e. The first-order valence-corrected chi connectivity index (χ1v) is 7.42. The molecular weight excluding hydrogens is 358 g/mol.